The van der Waals surface area contributed by atoms with Crippen LogP contribution in [0.25, 0.3) is 0 Å². The predicted molar refractivity (Wildman–Crippen MR) is 94.9 cm³/mol. The van der Waals surface area contributed by atoms with E-state index in [4.69, 9.17) is 4.74 Å². The highest BCUT2D eigenvalue weighted by Gasteiger charge is 2.24. The number of benzene rings is 1. The van der Waals surface area contributed by atoms with Crippen LogP contribution < -0.4 is 10.6 Å². The van der Waals surface area contributed by atoms with Gasteiger partial charge in [-0.2, -0.15) is 0 Å². The molecule has 132 valence electrons. The van der Waals surface area contributed by atoms with Gasteiger partial charge in [0.05, 0.1) is 25.8 Å². The molecule has 1 aliphatic heterocycles. The number of hydrogen-bond acceptors (Lipinski definition) is 4. The van der Waals surface area contributed by atoms with Crippen LogP contribution in [0.1, 0.15) is 30.0 Å². The molecule has 0 bridgehead atoms. The summed E-state index contributed by atoms with van der Waals surface area (Å²) in [6.07, 6.45) is 2.61. The number of aryl methyl sites for hydroxylation is 1. The molecule has 1 aliphatic carbocycles. The van der Waals surface area contributed by atoms with Gasteiger partial charge in [-0.15, -0.1) is 0 Å². The maximum absolute atomic E-state index is 12.1. The third-order valence-corrected chi connectivity index (χ3v) is 4.82. The molecule has 1 saturated carbocycles. The van der Waals surface area contributed by atoms with E-state index >= 15 is 0 Å². The van der Waals surface area contributed by atoms with E-state index in [1.807, 2.05) is 0 Å². The lowest BCUT2D eigenvalue weighted by atomic mass is 10.0. The number of nitrogens with zero attached hydrogens (tertiary/aromatic N) is 1. The second kappa shape index (κ2) is 8.60. The summed E-state index contributed by atoms with van der Waals surface area (Å²) in [7, 11) is 0. The van der Waals surface area contributed by atoms with Crippen molar-refractivity contribution in [3.63, 3.8) is 0 Å². The van der Waals surface area contributed by atoms with Gasteiger partial charge in [-0.3, -0.25) is 9.69 Å². The van der Waals surface area contributed by atoms with Crippen LogP contribution in [0.3, 0.4) is 0 Å². The lowest BCUT2D eigenvalue weighted by Crippen LogP contribution is -2.45. The minimum absolute atomic E-state index is 0.0848. The number of morpholine rings is 1. The standard InChI is InChI=1S/C19H29N3O2/c1-15-3-2-4-17(11-15)18(22-7-9-24-10-8-22)13-21-19(23)14-20-12-16-5-6-16/h2-4,11,16,18,20H,5-10,12-14H2,1H3,(H,21,23). The van der Waals surface area contributed by atoms with Crippen molar-refractivity contribution in [2.45, 2.75) is 25.8 Å². The Hall–Kier alpha value is -1.43. The van der Waals surface area contributed by atoms with E-state index in [0.29, 0.717) is 13.1 Å². The second-order valence-corrected chi connectivity index (χ2v) is 6.96. The zero-order chi connectivity index (χ0) is 16.8. The van der Waals surface area contributed by atoms with Crippen LogP contribution in [-0.4, -0.2) is 56.7 Å². The minimum Gasteiger partial charge on any atom is -0.379 e. The third-order valence-electron chi connectivity index (χ3n) is 4.82. The molecule has 1 saturated heterocycles. The molecule has 1 amide bonds. The number of ether oxygens (including phenoxy) is 1. The van der Waals surface area contributed by atoms with Crippen molar-refractivity contribution in [3.05, 3.63) is 35.4 Å². The average molecular weight is 331 g/mol. The van der Waals surface area contributed by atoms with Crippen LogP contribution in [0, 0.1) is 12.8 Å². The van der Waals surface area contributed by atoms with Gasteiger partial charge in [0.1, 0.15) is 0 Å². The maximum Gasteiger partial charge on any atom is 0.234 e. The monoisotopic (exact) mass is 331 g/mol. The molecule has 1 heterocycles. The highest BCUT2D eigenvalue weighted by molar-refractivity contribution is 5.78. The van der Waals surface area contributed by atoms with Gasteiger partial charge < -0.3 is 15.4 Å². The molecule has 1 aromatic carbocycles. The van der Waals surface area contributed by atoms with E-state index in [1.54, 1.807) is 0 Å². The summed E-state index contributed by atoms with van der Waals surface area (Å²) in [5.74, 6) is 0.882. The van der Waals surface area contributed by atoms with Gasteiger partial charge in [-0.05, 0) is 37.8 Å². The van der Waals surface area contributed by atoms with Gasteiger partial charge in [-0.25, -0.2) is 0 Å². The van der Waals surface area contributed by atoms with Gasteiger partial charge in [0.2, 0.25) is 5.91 Å². The Morgan fingerprint density at radius 1 is 1.33 bits per heavy atom. The summed E-state index contributed by atoms with van der Waals surface area (Å²) in [4.78, 5) is 14.5. The molecule has 1 atom stereocenters. The zero-order valence-corrected chi connectivity index (χ0v) is 14.6. The molecule has 1 aromatic rings. The Bertz CT molecular complexity index is 539. The van der Waals surface area contributed by atoms with Gasteiger partial charge in [-0.1, -0.05) is 29.8 Å². The van der Waals surface area contributed by atoms with Crippen LogP contribution in [-0.2, 0) is 9.53 Å². The molecule has 2 aliphatic rings. The number of carbonyl (C=O) groups excluding carboxylic acids is 1. The fourth-order valence-corrected chi connectivity index (χ4v) is 3.21. The zero-order valence-electron chi connectivity index (χ0n) is 14.6. The summed E-state index contributed by atoms with van der Waals surface area (Å²) in [5.41, 5.74) is 2.52. The Labute approximate surface area is 144 Å². The van der Waals surface area contributed by atoms with Gasteiger partial charge in [0, 0.05) is 19.6 Å². The van der Waals surface area contributed by atoms with Crippen molar-refractivity contribution in [2.24, 2.45) is 5.92 Å². The smallest absolute Gasteiger partial charge is 0.234 e. The Kier molecular flexibility index (Phi) is 6.24. The summed E-state index contributed by atoms with van der Waals surface area (Å²) in [6.45, 7) is 7.49. The molecule has 0 radical (unpaired) electrons. The minimum atomic E-state index is 0.0848. The van der Waals surface area contributed by atoms with Crippen molar-refractivity contribution in [1.82, 2.24) is 15.5 Å². The highest BCUT2D eigenvalue weighted by atomic mass is 16.5. The SMILES string of the molecule is Cc1cccc(C(CNC(=O)CNCC2CC2)N2CCOCC2)c1. The van der Waals surface area contributed by atoms with Crippen molar-refractivity contribution in [1.29, 1.82) is 0 Å². The Morgan fingerprint density at radius 2 is 2.12 bits per heavy atom. The average Bonchev–Trinajstić information content (AvgIpc) is 3.40. The van der Waals surface area contributed by atoms with Crippen LogP contribution in [0.2, 0.25) is 0 Å². The van der Waals surface area contributed by atoms with E-state index in [-0.39, 0.29) is 11.9 Å². The van der Waals surface area contributed by atoms with Crippen molar-refractivity contribution < 1.29 is 9.53 Å². The third kappa shape index (κ3) is 5.30. The molecule has 5 nitrogen and oxygen atoms in total. The topological polar surface area (TPSA) is 53.6 Å². The second-order valence-electron chi connectivity index (χ2n) is 6.96. The van der Waals surface area contributed by atoms with Crippen LogP contribution >= 0.6 is 0 Å². The molecule has 3 rings (SSSR count). The van der Waals surface area contributed by atoms with Gasteiger partial charge >= 0.3 is 0 Å². The highest BCUT2D eigenvalue weighted by Crippen LogP contribution is 2.27. The van der Waals surface area contributed by atoms with E-state index in [9.17, 15) is 4.79 Å². The lowest BCUT2D eigenvalue weighted by molar-refractivity contribution is -0.120. The largest absolute Gasteiger partial charge is 0.379 e. The molecule has 1 unspecified atom stereocenters. The summed E-state index contributed by atoms with van der Waals surface area (Å²) in [5, 5.41) is 6.36. The van der Waals surface area contributed by atoms with Crippen LogP contribution in [0.5, 0.6) is 0 Å². The lowest BCUT2D eigenvalue weighted by Gasteiger charge is -2.35. The van der Waals surface area contributed by atoms with Crippen molar-refractivity contribution in [2.75, 3.05) is 45.9 Å². The Morgan fingerprint density at radius 3 is 2.83 bits per heavy atom. The van der Waals surface area contributed by atoms with E-state index in [0.717, 1.165) is 38.8 Å². The van der Waals surface area contributed by atoms with Gasteiger partial charge in [0.15, 0.2) is 0 Å². The number of rotatable bonds is 8. The van der Waals surface area contributed by atoms with E-state index in [1.165, 1.54) is 24.0 Å². The molecule has 5 heteroatoms. The van der Waals surface area contributed by atoms with Crippen molar-refractivity contribution in [3.8, 4) is 0 Å². The molecule has 2 N–H and O–H groups in total. The predicted octanol–water partition coefficient (Wildman–Crippen LogP) is 1.48. The number of hydrogen-bond donors (Lipinski definition) is 2. The van der Waals surface area contributed by atoms with E-state index in [2.05, 4.69) is 46.7 Å². The number of carbonyl (C=O) groups is 1. The first-order valence-corrected chi connectivity index (χ1v) is 9.08. The summed E-state index contributed by atoms with van der Waals surface area (Å²) < 4.78 is 5.48. The first-order chi connectivity index (χ1) is 11.7. The molecule has 2 fully saturated rings. The molecule has 24 heavy (non-hydrogen) atoms. The Balaban J connectivity index is 1.55. The maximum atomic E-state index is 12.1. The van der Waals surface area contributed by atoms with E-state index < -0.39 is 0 Å². The summed E-state index contributed by atoms with van der Waals surface area (Å²) >= 11 is 0. The van der Waals surface area contributed by atoms with Crippen LogP contribution in [0.4, 0.5) is 0 Å². The first-order valence-electron chi connectivity index (χ1n) is 9.08. The first kappa shape index (κ1) is 17.4. The van der Waals surface area contributed by atoms with Crippen molar-refractivity contribution >= 4 is 5.91 Å². The quantitative estimate of drug-likeness (QED) is 0.758. The van der Waals surface area contributed by atoms with Crippen LogP contribution in [0.15, 0.2) is 24.3 Å². The fourth-order valence-electron chi connectivity index (χ4n) is 3.21. The molecule has 0 aromatic heterocycles. The number of amides is 1. The normalized spacial score (nSPS) is 19.9. The molecule has 0 spiro atoms. The fraction of sp³-hybridized carbons (Fsp3) is 0.632. The molecular formula is C19H29N3O2. The molecular weight excluding hydrogens is 302 g/mol. The summed E-state index contributed by atoms with van der Waals surface area (Å²) in [6, 6.07) is 8.79. The number of nitrogens with one attached hydrogen (secondary N) is 2. The van der Waals surface area contributed by atoms with Gasteiger partial charge in [0.25, 0.3) is 0 Å².